The van der Waals surface area contributed by atoms with Crippen LogP contribution in [0.5, 0.6) is 11.5 Å². The number of hydrogen-bond acceptors (Lipinski definition) is 6. The molecule has 0 saturated carbocycles. The van der Waals surface area contributed by atoms with E-state index in [9.17, 15) is 9.59 Å². The highest BCUT2D eigenvalue weighted by Crippen LogP contribution is 2.32. The molecule has 25 heavy (non-hydrogen) atoms. The number of carbonyl (C=O) groups is 2. The van der Waals surface area contributed by atoms with Crippen molar-refractivity contribution in [1.82, 2.24) is 10.2 Å². The average molecular weight is 380 g/mol. The summed E-state index contributed by atoms with van der Waals surface area (Å²) >= 11 is 6.20. The Kier molecular flexibility index (Phi) is 6.44. The topological polar surface area (TPSA) is 67.9 Å². The van der Waals surface area contributed by atoms with Crippen LogP contribution in [0.4, 0.5) is 0 Å². The molecule has 1 unspecified atom stereocenters. The van der Waals surface area contributed by atoms with Crippen molar-refractivity contribution in [2.24, 2.45) is 0 Å². The fourth-order valence-electron chi connectivity index (χ4n) is 2.16. The fourth-order valence-corrected chi connectivity index (χ4v) is 3.20. The van der Waals surface area contributed by atoms with E-state index in [0.717, 1.165) is 5.56 Å². The van der Waals surface area contributed by atoms with Gasteiger partial charge in [0.25, 0.3) is 11.8 Å². The number of ether oxygens (including phenoxy) is 2. The largest absolute Gasteiger partial charge is 0.490 e. The molecule has 2 amide bonds. The average Bonchev–Trinajstić information content (AvgIpc) is 2.86. The van der Waals surface area contributed by atoms with Gasteiger partial charge in [-0.05, 0) is 37.6 Å². The highest BCUT2D eigenvalue weighted by atomic mass is 32.2. The van der Waals surface area contributed by atoms with Gasteiger partial charge in [-0.2, -0.15) is 0 Å². The molecular formula is C17H20N2O4S2. The molecule has 0 bridgehead atoms. The number of thiocarbonyl (C=S) groups is 1. The van der Waals surface area contributed by atoms with Gasteiger partial charge in [0.15, 0.2) is 17.6 Å². The minimum absolute atomic E-state index is 0.138. The highest BCUT2D eigenvalue weighted by Gasteiger charge is 2.22. The van der Waals surface area contributed by atoms with Crippen LogP contribution in [0.25, 0.3) is 6.08 Å². The molecular weight excluding hydrogens is 360 g/mol. The summed E-state index contributed by atoms with van der Waals surface area (Å²) in [6, 6.07) is 5.30. The Balaban J connectivity index is 2.25. The Morgan fingerprint density at radius 3 is 2.68 bits per heavy atom. The molecule has 134 valence electrons. The van der Waals surface area contributed by atoms with Gasteiger partial charge in [0.1, 0.15) is 4.32 Å². The second-order valence-electron chi connectivity index (χ2n) is 5.48. The van der Waals surface area contributed by atoms with E-state index in [2.05, 4.69) is 5.32 Å². The Labute approximate surface area is 156 Å². The number of likely N-dealkylation sites (N-methyl/N-ethyl adjacent to an activating group) is 1. The van der Waals surface area contributed by atoms with Crippen molar-refractivity contribution in [3.8, 4) is 11.5 Å². The molecule has 1 fully saturated rings. The van der Waals surface area contributed by atoms with Gasteiger partial charge in [0.2, 0.25) is 0 Å². The van der Waals surface area contributed by atoms with E-state index in [-0.39, 0.29) is 11.8 Å². The van der Waals surface area contributed by atoms with Gasteiger partial charge in [-0.15, -0.1) is 0 Å². The van der Waals surface area contributed by atoms with E-state index in [0.29, 0.717) is 27.3 Å². The van der Waals surface area contributed by atoms with Crippen molar-refractivity contribution < 1.29 is 19.1 Å². The van der Waals surface area contributed by atoms with Crippen LogP contribution in [0, 0.1) is 0 Å². The molecule has 1 N–H and O–H groups in total. The molecule has 8 heteroatoms. The Bertz CT molecular complexity index is 731. The Hall–Kier alpha value is -2.06. The quantitative estimate of drug-likeness (QED) is 0.604. The summed E-state index contributed by atoms with van der Waals surface area (Å²) in [6.07, 6.45) is 1.10. The molecule has 0 radical (unpaired) electrons. The molecule has 0 aromatic heterocycles. The number of benzene rings is 1. The monoisotopic (exact) mass is 380 g/mol. The summed E-state index contributed by atoms with van der Waals surface area (Å²) in [5.74, 6) is 0.645. The number of amides is 2. The van der Waals surface area contributed by atoms with Gasteiger partial charge < -0.3 is 19.7 Å². The standard InChI is InChI=1S/C17H20N2O4S2/c1-5-22-13-8-11(9-14-15(20)18-17(24)25-14)6-7-12(13)23-10(2)16(21)19(3)4/h6-10H,5H2,1-4H3,(H,18,20,24). The van der Waals surface area contributed by atoms with Crippen molar-refractivity contribution >= 4 is 46.2 Å². The third-order valence-electron chi connectivity index (χ3n) is 3.30. The predicted molar refractivity (Wildman–Crippen MR) is 103 cm³/mol. The van der Waals surface area contributed by atoms with Crippen LogP contribution < -0.4 is 14.8 Å². The third kappa shape index (κ3) is 4.96. The third-order valence-corrected chi connectivity index (χ3v) is 4.46. The predicted octanol–water partition coefficient (Wildman–Crippen LogP) is 2.43. The molecule has 1 aromatic rings. The zero-order valence-electron chi connectivity index (χ0n) is 14.5. The molecule has 0 spiro atoms. The minimum atomic E-state index is -0.632. The Morgan fingerprint density at radius 1 is 1.40 bits per heavy atom. The zero-order valence-corrected chi connectivity index (χ0v) is 16.1. The molecule has 1 aromatic carbocycles. The first-order valence-corrected chi connectivity index (χ1v) is 8.93. The molecule has 1 saturated heterocycles. The second kappa shape index (κ2) is 8.35. The zero-order chi connectivity index (χ0) is 18.6. The van der Waals surface area contributed by atoms with E-state index in [1.54, 1.807) is 45.3 Å². The number of nitrogens with one attached hydrogen (secondary N) is 1. The lowest BCUT2D eigenvalue weighted by atomic mass is 10.2. The lowest BCUT2D eigenvalue weighted by molar-refractivity contribution is -0.135. The molecule has 1 heterocycles. The van der Waals surface area contributed by atoms with Crippen LogP contribution in [-0.2, 0) is 9.59 Å². The lowest BCUT2D eigenvalue weighted by Crippen LogP contribution is -2.35. The Morgan fingerprint density at radius 2 is 2.12 bits per heavy atom. The molecule has 1 aliphatic heterocycles. The van der Waals surface area contributed by atoms with Gasteiger partial charge in [-0.1, -0.05) is 30.0 Å². The summed E-state index contributed by atoms with van der Waals surface area (Å²) in [5, 5.41) is 2.58. The van der Waals surface area contributed by atoms with Crippen molar-refractivity contribution in [2.75, 3.05) is 20.7 Å². The maximum absolute atomic E-state index is 12.0. The van der Waals surface area contributed by atoms with E-state index in [1.165, 1.54) is 16.7 Å². The van der Waals surface area contributed by atoms with E-state index in [1.807, 2.05) is 6.92 Å². The molecule has 2 rings (SSSR count). The SMILES string of the molecule is CCOc1cc(C=C2SC(=S)NC2=O)ccc1OC(C)C(=O)N(C)C. The van der Waals surface area contributed by atoms with Gasteiger partial charge >= 0.3 is 0 Å². The number of carbonyl (C=O) groups excluding carboxylic acids is 2. The highest BCUT2D eigenvalue weighted by molar-refractivity contribution is 8.26. The first-order chi connectivity index (χ1) is 11.8. The van der Waals surface area contributed by atoms with Gasteiger partial charge in [0, 0.05) is 14.1 Å². The number of nitrogens with zero attached hydrogens (tertiary/aromatic N) is 1. The number of rotatable bonds is 6. The summed E-state index contributed by atoms with van der Waals surface area (Å²) in [6.45, 7) is 4.00. The number of hydrogen-bond donors (Lipinski definition) is 1. The summed E-state index contributed by atoms with van der Waals surface area (Å²) in [4.78, 5) is 25.7. The number of thioether (sulfide) groups is 1. The molecule has 0 aliphatic carbocycles. The first kappa shape index (κ1) is 19.3. The van der Waals surface area contributed by atoms with Crippen molar-refractivity contribution in [3.63, 3.8) is 0 Å². The molecule has 1 atom stereocenters. The second-order valence-corrected chi connectivity index (χ2v) is 7.20. The first-order valence-electron chi connectivity index (χ1n) is 7.71. The fraction of sp³-hybridized carbons (Fsp3) is 0.353. The lowest BCUT2D eigenvalue weighted by Gasteiger charge is -2.20. The summed E-state index contributed by atoms with van der Waals surface area (Å²) < 4.78 is 11.8. The van der Waals surface area contributed by atoms with Crippen LogP contribution in [0.1, 0.15) is 19.4 Å². The van der Waals surface area contributed by atoms with Crippen LogP contribution in [0.3, 0.4) is 0 Å². The van der Waals surface area contributed by atoms with Gasteiger partial charge in [0.05, 0.1) is 11.5 Å². The van der Waals surface area contributed by atoms with Crippen LogP contribution in [0.15, 0.2) is 23.1 Å². The van der Waals surface area contributed by atoms with Crippen LogP contribution in [-0.4, -0.2) is 47.8 Å². The van der Waals surface area contributed by atoms with E-state index >= 15 is 0 Å². The smallest absolute Gasteiger partial charge is 0.263 e. The normalized spacial score (nSPS) is 16.6. The van der Waals surface area contributed by atoms with E-state index < -0.39 is 6.10 Å². The maximum atomic E-state index is 12.0. The van der Waals surface area contributed by atoms with Crippen molar-refractivity contribution in [1.29, 1.82) is 0 Å². The van der Waals surface area contributed by atoms with Crippen LogP contribution in [0.2, 0.25) is 0 Å². The minimum Gasteiger partial charge on any atom is -0.490 e. The van der Waals surface area contributed by atoms with Crippen molar-refractivity contribution in [3.05, 3.63) is 28.7 Å². The van der Waals surface area contributed by atoms with Gasteiger partial charge in [-0.25, -0.2) is 0 Å². The summed E-state index contributed by atoms with van der Waals surface area (Å²) in [5.41, 5.74) is 0.782. The van der Waals surface area contributed by atoms with Crippen molar-refractivity contribution in [2.45, 2.75) is 20.0 Å². The summed E-state index contributed by atoms with van der Waals surface area (Å²) in [7, 11) is 3.35. The molecule has 6 nitrogen and oxygen atoms in total. The van der Waals surface area contributed by atoms with E-state index in [4.69, 9.17) is 21.7 Å². The van der Waals surface area contributed by atoms with Crippen LogP contribution >= 0.6 is 24.0 Å². The maximum Gasteiger partial charge on any atom is 0.263 e. The molecule has 1 aliphatic rings. The van der Waals surface area contributed by atoms with Gasteiger partial charge in [-0.3, -0.25) is 9.59 Å².